The summed E-state index contributed by atoms with van der Waals surface area (Å²) >= 11 is 0. The van der Waals surface area contributed by atoms with E-state index >= 15 is 0 Å². The molecule has 1 spiro atoms. The Morgan fingerprint density at radius 1 is 1.30 bits per heavy atom. The fourth-order valence-corrected chi connectivity index (χ4v) is 5.41. The lowest BCUT2D eigenvalue weighted by molar-refractivity contribution is 0.346. The predicted octanol–water partition coefficient (Wildman–Crippen LogP) is -0.527. The van der Waals surface area contributed by atoms with Crippen molar-refractivity contribution < 1.29 is 15.7 Å². The molecule has 0 radical (unpaired) electrons. The van der Waals surface area contributed by atoms with E-state index in [1.165, 1.54) is 0 Å². The summed E-state index contributed by atoms with van der Waals surface area (Å²) in [4.78, 5) is 0. The Balaban J connectivity index is 2.12. The van der Waals surface area contributed by atoms with Gasteiger partial charge in [-0.1, -0.05) is 0 Å². The molecule has 2 rings (SSSR count). The molecule has 2 heterocycles. The van der Waals surface area contributed by atoms with Crippen molar-refractivity contribution in [1.29, 1.82) is 0 Å². The molecule has 2 saturated heterocycles. The Labute approximate surface area is 60.8 Å². The quantitative estimate of drug-likeness (QED) is 0.550. The molecule has 0 aromatic carbocycles. The van der Waals surface area contributed by atoms with Crippen molar-refractivity contribution in [3.63, 3.8) is 0 Å². The summed E-state index contributed by atoms with van der Waals surface area (Å²) in [6.45, 7) is 0.783. The molecule has 0 aromatic heterocycles. The first-order chi connectivity index (χ1) is 4.62. The second-order valence-electron chi connectivity index (χ2n) is 2.14. The zero-order chi connectivity index (χ0) is 7.24. The second kappa shape index (κ2) is 1.86. The SMILES string of the molecule is O=S1(=O)OS2(CCNC2)O1. The third-order valence-electron chi connectivity index (χ3n) is 1.33. The van der Waals surface area contributed by atoms with Crippen LogP contribution in [0.5, 0.6) is 0 Å². The van der Waals surface area contributed by atoms with Crippen molar-refractivity contribution in [2.24, 2.45) is 0 Å². The van der Waals surface area contributed by atoms with Crippen molar-refractivity contribution in [1.82, 2.24) is 5.32 Å². The van der Waals surface area contributed by atoms with Crippen molar-refractivity contribution in [3.8, 4) is 0 Å². The summed E-state index contributed by atoms with van der Waals surface area (Å²) in [7, 11) is -5.24. The number of nitrogens with one attached hydrogen (secondary N) is 1. The molecule has 0 atom stereocenters. The van der Waals surface area contributed by atoms with Crippen LogP contribution in [0.2, 0.25) is 0 Å². The van der Waals surface area contributed by atoms with E-state index in [1.807, 2.05) is 0 Å². The lowest BCUT2D eigenvalue weighted by Crippen LogP contribution is -2.30. The van der Waals surface area contributed by atoms with E-state index in [1.54, 1.807) is 0 Å². The summed E-state index contributed by atoms with van der Waals surface area (Å²) in [6, 6.07) is 0. The third-order valence-corrected chi connectivity index (χ3v) is 6.11. The molecule has 0 saturated carbocycles. The highest BCUT2D eigenvalue weighted by molar-refractivity contribution is 8.37. The maximum atomic E-state index is 10.4. The van der Waals surface area contributed by atoms with E-state index in [0.717, 1.165) is 6.54 Å². The van der Waals surface area contributed by atoms with E-state index in [0.29, 0.717) is 11.6 Å². The summed E-state index contributed by atoms with van der Waals surface area (Å²) in [5.41, 5.74) is 0. The largest absolute Gasteiger partial charge is 0.437 e. The zero-order valence-electron chi connectivity index (χ0n) is 5.07. The van der Waals surface area contributed by atoms with Gasteiger partial charge in [0.1, 0.15) is 0 Å². The van der Waals surface area contributed by atoms with Crippen LogP contribution >= 0.6 is 10.6 Å². The van der Waals surface area contributed by atoms with E-state index < -0.39 is 21.0 Å². The monoisotopic (exact) mass is 185 g/mol. The minimum absolute atomic E-state index is 0.548. The molecular formula is C3H7NO4S2. The van der Waals surface area contributed by atoms with Gasteiger partial charge in [-0.05, 0) is 0 Å². The van der Waals surface area contributed by atoms with Crippen LogP contribution < -0.4 is 5.32 Å². The third kappa shape index (κ3) is 0.940. The van der Waals surface area contributed by atoms with Crippen molar-refractivity contribution in [2.75, 3.05) is 18.2 Å². The van der Waals surface area contributed by atoms with Gasteiger partial charge in [0.05, 0.1) is 11.6 Å². The van der Waals surface area contributed by atoms with E-state index in [2.05, 4.69) is 12.6 Å². The molecule has 0 bridgehead atoms. The van der Waals surface area contributed by atoms with Crippen LogP contribution in [0.15, 0.2) is 0 Å². The number of hydrogen-bond donors (Lipinski definition) is 1. The zero-order valence-corrected chi connectivity index (χ0v) is 6.70. The minimum atomic E-state index is -3.58. The van der Waals surface area contributed by atoms with E-state index in [4.69, 9.17) is 0 Å². The molecule has 60 valence electrons. The highest BCUT2D eigenvalue weighted by atomic mass is 32.4. The molecule has 0 aromatic rings. The smallest absolute Gasteiger partial charge is 0.299 e. The summed E-state index contributed by atoms with van der Waals surface area (Å²) < 4.78 is 30.1. The number of rotatable bonds is 0. The normalized spacial score (nSPS) is 37.2. The Bertz CT molecular complexity index is 227. The van der Waals surface area contributed by atoms with Gasteiger partial charge in [-0.15, -0.1) is 17.8 Å². The van der Waals surface area contributed by atoms with Gasteiger partial charge >= 0.3 is 10.4 Å². The van der Waals surface area contributed by atoms with Crippen molar-refractivity contribution in [3.05, 3.63) is 0 Å². The minimum Gasteiger partial charge on any atom is -0.299 e. The fraction of sp³-hybridized carbons (Fsp3) is 1.00. The topological polar surface area (TPSA) is 64.6 Å². The van der Waals surface area contributed by atoms with Crippen LogP contribution in [0, 0.1) is 0 Å². The average molecular weight is 185 g/mol. The predicted molar refractivity (Wildman–Crippen MR) is 36.4 cm³/mol. The second-order valence-corrected chi connectivity index (χ2v) is 6.23. The molecule has 7 heteroatoms. The van der Waals surface area contributed by atoms with Crippen LogP contribution in [0.4, 0.5) is 0 Å². The van der Waals surface area contributed by atoms with E-state index in [-0.39, 0.29) is 0 Å². The van der Waals surface area contributed by atoms with Crippen LogP contribution in [-0.2, 0) is 17.7 Å². The standard InChI is InChI=1S/C3H7NO4S2/c5-10(6)7-9(8-10)2-1-4-3-9/h4H,1-3H2. The van der Waals surface area contributed by atoms with Crippen LogP contribution in [0.25, 0.3) is 0 Å². The van der Waals surface area contributed by atoms with Gasteiger partial charge in [0.25, 0.3) is 0 Å². The first-order valence-corrected chi connectivity index (χ1v) is 5.94. The molecule has 5 nitrogen and oxygen atoms in total. The van der Waals surface area contributed by atoms with Gasteiger partial charge in [0.2, 0.25) is 0 Å². The average Bonchev–Trinajstić information content (AvgIpc) is 2.10. The fourth-order valence-electron chi connectivity index (χ4n) is 0.953. The molecule has 2 aliphatic heterocycles. The summed E-state index contributed by atoms with van der Waals surface area (Å²) in [5.74, 6) is 1.23. The van der Waals surface area contributed by atoms with Gasteiger partial charge in [-0.25, -0.2) is 0 Å². The molecule has 2 fully saturated rings. The van der Waals surface area contributed by atoms with Gasteiger partial charge in [0.15, 0.2) is 0 Å². The van der Waals surface area contributed by atoms with Gasteiger partial charge in [0, 0.05) is 6.54 Å². The van der Waals surface area contributed by atoms with Gasteiger partial charge in [-0.2, -0.15) is 8.42 Å². The molecule has 0 unspecified atom stereocenters. The molecule has 0 amide bonds. The van der Waals surface area contributed by atoms with Crippen molar-refractivity contribution in [2.45, 2.75) is 0 Å². The van der Waals surface area contributed by atoms with Gasteiger partial charge < -0.3 is 0 Å². The Morgan fingerprint density at radius 3 is 2.40 bits per heavy atom. The lowest BCUT2D eigenvalue weighted by Gasteiger charge is -2.42. The highest BCUT2D eigenvalue weighted by Crippen LogP contribution is 2.62. The summed E-state index contributed by atoms with van der Waals surface area (Å²) in [5, 5.41) is 2.98. The van der Waals surface area contributed by atoms with E-state index in [9.17, 15) is 8.42 Å². The molecule has 1 N–H and O–H groups in total. The maximum absolute atomic E-state index is 10.4. The maximum Gasteiger partial charge on any atom is 0.437 e. The first-order valence-electron chi connectivity index (χ1n) is 2.78. The van der Waals surface area contributed by atoms with Crippen LogP contribution in [0.1, 0.15) is 0 Å². The molecular weight excluding hydrogens is 178 g/mol. The molecule has 10 heavy (non-hydrogen) atoms. The summed E-state index contributed by atoms with van der Waals surface area (Å²) in [6.07, 6.45) is 0. The Hall–Kier alpha value is 0.180. The van der Waals surface area contributed by atoms with Gasteiger partial charge in [-0.3, -0.25) is 5.32 Å². The lowest BCUT2D eigenvalue weighted by atomic mass is 10.8. The molecule has 0 aliphatic carbocycles. The Morgan fingerprint density at radius 2 is 2.00 bits per heavy atom. The highest BCUT2D eigenvalue weighted by Gasteiger charge is 2.46. The van der Waals surface area contributed by atoms with Crippen LogP contribution in [-0.4, -0.2) is 26.6 Å². The Kier molecular flexibility index (Phi) is 1.28. The first kappa shape index (κ1) is 6.86. The van der Waals surface area contributed by atoms with Crippen molar-refractivity contribution >= 4 is 21.0 Å². The van der Waals surface area contributed by atoms with Crippen LogP contribution in [0.3, 0.4) is 0 Å². The number of hydrogen-bond acceptors (Lipinski definition) is 5. The molecule has 2 aliphatic rings.